The topological polar surface area (TPSA) is 125 Å². The molecule has 10 nitrogen and oxygen atoms in total. The largest absolute Gasteiger partial charge is 0.463 e. The maximum atomic E-state index is 15.2. The fourth-order valence-electron chi connectivity index (χ4n) is 8.26. The molecule has 3 aliphatic heterocycles. The first-order valence-electron chi connectivity index (χ1n) is 17.8. The quantitative estimate of drug-likeness (QED) is 0.134. The summed E-state index contributed by atoms with van der Waals surface area (Å²) >= 11 is 3.77. The predicted molar refractivity (Wildman–Crippen MR) is 199 cm³/mol. The smallest absolute Gasteiger partial charge is 0.306 e. The Morgan fingerprint density at radius 2 is 1.82 bits per heavy atom. The molecular weight excluding hydrogens is 714 g/mol. The second-order valence-corrected chi connectivity index (χ2v) is 15.2. The summed E-state index contributed by atoms with van der Waals surface area (Å²) < 4.78 is 12.4. The molecule has 3 fully saturated rings. The van der Waals surface area contributed by atoms with Crippen LogP contribution < -0.4 is 10.2 Å². The van der Waals surface area contributed by atoms with Crippen LogP contribution in [0.1, 0.15) is 62.3 Å². The Bertz CT molecular complexity index is 1610. The van der Waals surface area contributed by atoms with Crippen LogP contribution >= 0.6 is 15.9 Å². The monoisotopic (exact) mass is 763 g/mol. The molecule has 11 heteroatoms. The number of fused-ring (bicyclic) bond motifs is 1. The molecule has 1 unspecified atom stereocenters. The molecule has 3 aliphatic rings. The number of amides is 3. The van der Waals surface area contributed by atoms with Crippen molar-refractivity contribution in [1.29, 1.82) is 0 Å². The van der Waals surface area contributed by atoms with E-state index in [9.17, 15) is 19.5 Å². The fraction of sp³-hybridized carbons (Fsp3) is 0.500. The number of aryl methyl sites for hydroxylation is 2. The van der Waals surface area contributed by atoms with Crippen LogP contribution in [0.15, 0.2) is 73.8 Å². The average molecular weight is 765 g/mol. The van der Waals surface area contributed by atoms with Crippen molar-refractivity contribution in [3.63, 3.8) is 0 Å². The average Bonchev–Trinajstić information content (AvgIpc) is 3.72. The number of allylic oxidation sites excluding steroid dienone is 1. The van der Waals surface area contributed by atoms with E-state index in [1.165, 1.54) is 4.90 Å². The summed E-state index contributed by atoms with van der Waals surface area (Å²) in [5, 5.41) is 13.9. The summed E-state index contributed by atoms with van der Waals surface area (Å²) in [6.07, 6.45) is 4.20. The molecule has 3 saturated heterocycles. The van der Waals surface area contributed by atoms with E-state index in [2.05, 4.69) is 34.4 Å². The van der Waals surface area contributed by atoms with Crippen LogP contribution in [-0.2, 0) is 28.7 Å². The molecule has 3 heterocycles. The molecule has 0 aromatic heterocycles. The Morgan fingerprint density at radius 3 is 2.43 bits per heavy atom. The zero-order valence-electron chi connectivity index (χ0n) is 29.9. The van der Waals surface area contributed by atoms with Gasteiger partial charge in [-0.2, -0.15) is 0 Å². The van der Waals surface area contributed by atoms with Gasteiger partial charge in [0.2, 0.25) is 11.8 Å². The summed E-state index contributed by atoms with van der Waals surface area (Å²) in [6.45, 7) is 15.1. The van der Waals surface area contributed by atoms with E-state index >= 15 is 4.79 Å². The number of hydrogen-bond donors (Lipinski definition) is 2. The lowest BCUT2D eigenvalue weighted by Crippen LogP contribution is -2.60. The summed E-state index contributed by atoms with van der Waals surface area (Å²) in [6, 6.07) is 12.5. The maximum absolute atomic E-state index is 15.2. The van der Waals surface area contributed by atoms with Crippen LogP contribution in [0.25, 0.3) is 0 Å². The van der Waals surface area contributed by atoms with Gasteiger partial charge >= 0.3 is 5.97 Å². The van der Waals surface area contributed by atoms with Crippen molar-refractivity contribution in [2.75, 3.05) is 24.7 Å². The summed E-state index contributed by atoms with van der Waals surface area (Å²) in [4.78, 5) is 59.9. The maximum Gasteiger partial charge on any atom is 0.306 e. The highest BCUT2D eigenvalue weighted by molar-refractivity contribution is 9.09. The number of para-hydroxylation sites is 1. The van der Waals surface area contributed by atoms with Crippen LogP contribution in [0.4, 0.5) is 5.69 Å². The van der Waals surface area contributed by atoms with Crippen molar-refractivity contribution in [3.8, 4) is 0 Å². The molecule has 2 N–H and O–H groups in total. The normalized spacial score (nSPS) is 26.6. The first-order valence-corrected chi connectivity index (χ1v) is 18.7. The number of carbonyl (C=O) groups excluding carboxylic acids is 4. The van der Waals surface area contributed by atoms with Crippen LogP contribution in [0.2, 0.25) is 0 Å². The zero-order chi connectivity index (χ0) is 37.0. The molecule has 0 radical (unpaired) electrons. The number of alkyl halides is 1. The lowest BCUT2D eigenvalue weighted by atomic mass is 9.70. The van der Waals surface area contributed by atoms with Crippen molar-refractivity contribution in [1.82, 2.24) is 10.2 Å². The van der Waals surface area contributed by atoms with Gasteiger partial charge in [0.25, 0.3) is 5.91 Å². The van der Waals surface area contributed by atoms with Gasteiger partial charge < -0.3 is 29.7 Å². The lowest BCUT2D eigenvalue weighted by molar-refractivity contribution is -0.147. The Hall–Kier alpha value is -3.80. The van der Waals surface area contributed by atoms with E-state index in [-0.39, 0.29) is 48.7 Å². The number of esters is 1. The SMILES string of the molecule is C=CCCC(=O)OC[C@@H](NC(=O)[C@@H]1[C@H]2O[C@@]3(CC2Br)[C@H](C(=O)N(CC=C)c2c(C)cccc2C)N([C@@H](CO)[C@@H](C)CC)C(=O)[C@@H]13)c1ccccc1. The Kier molecular flexibility index (Phi) is 12.2. The van der Waals surface area contributed by atoms with Crippen molar-refractivity contribution in [2.45, 2.75) is 88.0 Å². The van der Waals surface area contributed by atoms with E-state index in [1.807, 2.05) is 76.2 Å². The molecule has 9 atom stereocenters. The number of aliphatic hydroxyl groups excluding tert-OH is 1. The van der Waals surface area contributed by atoms with E-state index < -0.39 is 53.5 Å². The first-order chi connectivity index (χ1) is 24.4. The third-order valence-electron chi connectivity index (χ3n) is 10.9. The predicted octanol–water partition coefficient (Wildman–Crippen LogP) is 5.34. The van der Waals surface area contributed by atoms with E-state index in [4.69, 9.17) is 9.47 Å². The first kappa shape index (κ1) is 38.4. The summed E-state index contributed by atoms with van der Waals surface area (Å²) in [7, 11) is 0. The van der Waals surface area contributed by atoms with Crippen LogP contribution in [-0.4, -0.2) is 82.1 Å². The highest BCUT2D eigenvalue weighted by atomic mass is 79.9. The zero-order valence-corrected chi connectivity index (χ0v) is 31.5. The van der Waals surface area contributed by atoms with Gasteiger partial charge in [-0.25, -0.2) is 0 Å². The molecule has 51 heavy (non-hydrogen) atoms. The highest BCUT2D eigenvalue weighted by Crippen LogP contribution is 2.61. The number of likely N-dealkylation sites (tertiary alicyclic amines) is 1. The van der Waals surface area contributed by atoms with Crippen LogP contribution in [0.3, 0.4) is 0 Å². The Labute approximate surface area is 309 Å². The number of hydrogen-bond acceptors (Lipinski definition) is 7. The standard InChI is InChI=1S/C40H50BrN3O7/c1-7-10-19-31(46)50-23-29(27-17-12-11-13-18-27)42-37(47)32-33-38(48)44(30(22-45)24(4)9-3)36(40(33)21-28(41)35(32)51-40)39(49)43(20-8-2)34-25(5)15-14-16-26(34)6/h7-8,11-18,24,28-30,32-33,35-36,45H,1-2,9-10,19-23H2,3-6H3,(H,42,47)/t24-,28?,29+,30-,32-,33+,35-,36-,40+/m0/s1. The minimum absolute atomic E-state index is 0.106. The highest BCUT2D eigenvalue weighted by Gasteiger charge is 2.77. The third kappa shape index (κ3) is 7.17. The Morgan fingerprint density at radius 1 is 1.14 bits per heavy atom. The van der Waals surface area contributed by atoms with Gasteiger partial charge in [-0.05, 0) is 49.3 Å². The molecule has 2 aromatic carbocycles. The van der Waals surface area contributed by atoms with Gasteiger partial charge in [0.05, 0.1) is 36.6 Å². The Balaban J connectivity index is 1.56. The van der Waals surface area contributed by atoms with Gasteiger partial charge in [-0.1, -0.05) is 96.9 Å². The molecule has 274 valence electrons. The number of carbonyl (C=O) groups is 4. The van der Waals surface area contributed by atoms with Gasteiger partial charge in [0.15, 0.2) is 0 Å². The number of rotatable bonds is 16. The minimum Gasteiger partial charge on any atom is -0.463 e. The van der Waals surface area contributed by atoms with Crippen LogP contribution in [0, 0.1) is 31.6 Å². The van der Waals surface area contributed by atoms with Crippen molar-refractivity contribution in [3.05, 3.63) is 90.5 Å². The van der Waals surface area contributed by atoms with E-state index in [0.29, 0.717) is 19.3 Å². The second-order valence-electron chi connectivity index (χ2n) is 14.0. The molecule has 1 spiro atoms. The fourth-order valence-corrected chi connectivity index (χ4v) is 9.20. The summed E-state index contributed by atoms with van der Waals surface area (Å²) in [5.41, 5.74) is 1.89. The van der Waals surface area contributed by atoms with Gasteiger partial charge in [-0.3, -0.25) is 19.2 Å². The number of ether oxygens (including phenoxy) is 2. The molecule has 2 aromatic rings. The molecule has 2 bridgehead atoms. The summed E-state index contributed by atoms with van der Waals surface area (Å²) in [5.74, 6) is -3.68. The van der Waals surface area contributed by atoms with Crippen molar-refractivity contribution < 1.29 is 33.8 Å². The van der Waals surface area contributed by atoms with E-state index in [0.717, 1.165) is 22.4 Å². The minimum atomic E-state index is -1.34. The van der Waals surface area contributed by atoms with Crippen LogP contribution in [0.5, 0.6) is 0 Å². The van der Waals surface area contributed by atoms with Gasteiger partial charge in [0.1, 0.15) is 18.2 Å². The molecule has 0 saturated carbocycles. The molecular formula is C40H50BrN3O7. The number of nitrogens with one attached hydrogen (secondary N) is 1. The van der Waals surface area contributed by atoms with Crippen molar-refractivity contribution >= 4 is 45.3 Å². The number of anilines is 1. The lowest BCUT2D eigenvalue weighted by Gasteiger charge is -2.41. The number of halogens is 1. The van der Waals surface area contributed by atoms with E-state index in [1.54, 1.807) is 17.1 Å². The van der Waals surface area contributed by atoms with Gasteiger partial charge in [-0.15, -0.1) is 13.2 Å². The van der Waals surface area contributed by atoms with Crippen molar-refractivity contribution in [2.24, 2.45) is 17.8 Å². The number of benzene rings is 2. The molecule has 5 rings (SSSR count). The van der Waals surface area contributed by atoms with Gasteiger partial charge in [0, 0.05) is 23.5 Å². The second kappa shape index (κ2) is 16.3. The molecule has 3 amide bonds. The number of nitrogens with zero attached hydrogens (tertiary/aromatic N) is 2. The third-order valence-corrected chi connectivity index (χ3v) is 11.7. The molecule has 0 aliphatic carbocycles. The number of aliphatic hydroxyl groups is 1.